The summed E-state index contributed by atoms with van der Waals surface area (Å²) < 4.78 is 14.5. The molecule has 11 nitrogen and oxygen atoms in total. The molecule has 3 amide bonds. The number of hydrogen-bond acceptors (Lipinski definition) is 7. The Kier molecular flexibility index (Phi) is 9.18. The van der Waals surface area contributed by atoms with Crippen LogP contribution >= 0.6 is 0 Å². The molecule has 1 fully saturated rings. The molecule has 0 saturated heterocycles. The number of nitrogens with one attached hydrogen (secondary N) is 1. The van der Waals surface area contributed by atoms with Gasteiger partial charge >= 0.3 is 11.8 Å². The Morgan fingerprint density at radius 3 is 2.40 bits per heavy atom. The number of amides is 3. The van der Waals surface area contributed by atoms with Gasteiger partial charge in [0, 0.05) is 46.8 Å². The van der Waals surface area contributed by atoms with Crippen molar-refractivity contribution in [3.05, 3.63) is 57.5 Å². The van der Waals surface area contributed by atoms with Crippen molar-refractivity contribution in [2.75, 3.05) is 40.8 Å². The van der Waals surface area contributed by atoms with E-state index in [9.17, 15) is 28.7 Å². The number of benzene rings is 1. The van der Waals surface area contributed by atoms with E-state index in [4.69, 9.17) is 0 Å². The predicted molar refractivity (Wildman–Crippen MR) is 145 cm³/mol. The number of fused-ring (bicyclic) bond motifs is 1. The third-order valence-electron chi connectivity index (χ3n) is 7.65. The van der Waals surface area contributed by atoms with E-state index in [0.717, 1.165) is 32.1 Å². The van der Waals surface area contributed by atoms with Crippen molar-refractivity contribution in [1.29, 1.82) is 0 Å². The summed E-state index contributed by atoms with van der Waals surface area (Å²) in [4.78, 5) is 62.0. The molecule has 1 unspecified atom stereocenters. The number of likely N-dealkylation sites (N-methyl/N-ethyl adjacent to an activating group) is 2. The number of rotatable bonds is 6. The van der Waals surface area contributed by atoms with Crippen LogP contribution in [0.25, 0.3) is 0 Å². The van der Waals surface area contributed by atoms with Crippen LogP contribution in [-0.4, -0.2) is 87.9 Å². The summed E-state index contributed by atoms with van der Waals surface area (Å²) in [5, 5.41) is 13.3. The Labute approximate surface area is 232 Å². The molecule has 1 aromatic heterocycles. The first-order valence-corrected chi connectivity index (χ1v) is 13.6. The van der Waals surface area contributed by atoms with Crippen LogP contribution in [-0.2, 0) is 22.7 Å². The minimum atomic E-state index is -0.803. The highest BCUT2D eigenvalue weighted by Crippen LogP contribution is 2.30. The minimum absolute atomic E-state index is 0.0223. The number of aromatic hydroxyl groups is 1. The fourth-order valence-corrected chi connectivity index (χ4v) is 5.35. The average molecular weight is 557 g/mol. The van der Waals surface area contributed by atoms with Gasteiger partial charge in [-0.2, -0.15) is 0 Å². The average Bonchev–Trinajstić information content (AvgIpc) is 3.11. The normalized spacial score (nSPS) is 17.9. The van der Waals surface area contributed by atoms with Gasteiger partial charge in [0.2, 0.25) is 5.75 Å². The van der Waals surface area contributed by atoms with E-state index >= 15 is 0 Å². The van der Waals surface area contributed by atoms with E-state index in [1.165, 1.54) is 52.7 Å². The van der Waals surface area contributed by atoms with Gasteiger partial charge in [-0.25, -0.2) is 9.37 Å². The lowest BCUT2D eigenvalue weighted by Gasteiger charge is -2.36. The van der Waals surface area contributed by atoms with Gasteiger partial charge in [0.15, 0.2) is 5.69 Å². The largest absolute Gasteiger partial charge is 0.501 e. The summed E-state index contributed by atoms with van der Waals surface area (Å²) in [7, 11) is 4.87. The zero-order valence-corrected chi connectivity index (χ0v) is 23.2. The highest BCUT2D eigenvalue weighted by Gasteiger charge is 2.38. The van der Waals surface area contributed by atoms with Crippen LogP contribution in [0.15, 0.2) is 29.1 Å². The Morgan fingerprint density at radius 2 is 1.75 bits per heavy atom. The molecule has 40 heavy (non-hydrogen) atoms. The molecule has 1 saturated carbocycles. The number of halogens is 1. The van der Waals surface area contributed by atoms with Crippen molar-refractivity contribution in [3.63, 3.8) is 0 Å². The summed E-state index contributed by atoms with van der Waals surface area (Å²) in [6.45, 7) is 1.25. The van der Waals surface area contributed by atoms with Gasteiger partial charge in [-0.05, 0) is 43.5 Å². The van der Waals surface area contributed by atoms with Gasteiger partial charge in [0.25, 0.3) is 11.5 Å². The maximum atomic E-state index is 13.6. The molecular formula is C28H37FN6O5. The van der Waals surface area contributed by atoms with Crippen molar-refractivity contribution >= 4 is 17.7 Å². The van der Waals surface area contributed by atoms with Gasteiger partial charge in [0.1, 0.15) is 17.7 Å². The summed E-state index contributed by atoms with van der Waals surface area (Å²) in [5.41, 5.74) is -0.634. The second-order valence-corrected chi connectivity index (χ2v) is 10.9. The Hall–Kier alpha value is -3.80. The summed E-state index contributed by atoms with van der Waals surface area (Å²) in [6.07, 6.45) is 5.06. The molecule has 2 aromatic rings. The van der Waals surface area contributed by atoms with Crippen LogP contribution in [0.1, 0.15) is 60.0 Å². The highest BCUT2D eigenvalue weighted by atomic mass is 19.1. The minimum Gasteiger partial charge on any atom is -0.501 e. The Morgan fingerprint density at radius 1 is 1.07 bits per heavy atom. The molecule has 4 rings (SSSR count). The van der Waals surface area contributed by atoms with E-state index < -0.39 is 46.6 Å². The Balaban J connectivity index is 1.73. The monoisotopic (exact) mass is 556 g/mol. The second-order valence-electron chi connectivity index (χ2n) is 10.9. The third-order valence-corrected chi connectivity index (χ3v) is 7.65. The van der Waals surface area contributed by atoms with Crippen molar-refractivity contribution in [3.8, 4) is 5.75 Å². The van der Waals surface area contributed by atoms with Gasteiger partial charge in [-0.15, -0.1) is 0 Å². The standard InChI is InChI=1S/C28H37FN6O5/c1-32(2)27(39)28(40)35(16-19-7-5-4-6-8-19)21-17-33(3)13-14-34-24(21)31-22(23(36)26(34)38)25(37)30-15-18-9-11-20(29)12-10-18/h9-12,19,21,36H,4-8,13-17H2,1-3H3,(H,30,37). The van der Waals surface area contributed by atoms with Gasteiger partial charge < -0.3 is 25.1 Å². The van der Waals surface area contributed by atoms with E-state index in [2.05, 4.69) is 10.3 Å². The molecule has 1 atom stereocenters. The predicted octanol–water partition coefficient (Wildman–Crippen LogP) is 1.50. The molecule has 2 aliphatic rings. The van der Waals surface area contributed by atoms with Gasteiger partial charge in [-0.3, -0.25) is 23.7 Å². The lowest BCUT2D eigenvalue weighted by Crippen LogP contribution is -2.49. The van der Waals surface area contributed by atoms with E-state index in [1.807, 2.05) is 11.9 Å². The van der Waals surface area contributed by atoms with Crippen LogP contribution in [0.5, 0.6) is 5.75 Å². The van der Waals surface area contributed by atoms with Crippen molar-refractivity contribution in [1.82, 2.24) is 29.6 Å². The SMILES string of the molecule is CN1CCn2c(nc(C(=O)NCc3ccc(F)cc3)c(O)c2=O)C(N(CC2CCCCC2)C(=O)C(=O)N(C)C)C1. The third kappa shape index (κ3) is 6.49. The maximum absolute atomic E-state index is 13.6. The van der Waals surface area contributed by atoms with Crippen LogP contribution < -0.4 is 10.9 Å². The molecule has 2 heterocycles. The molecule has 0 spiro atoms. The number of aromatic nitrogens is 2. The van der Waals surface area contributed by atoms with Crippen LogP contribution in [0.4, 0.5) is 4.39 Å². The number of nitrogens with zero attached hydrogens (tertiary/aromatic N) is 5. The zero-order chi connectivity index (χ0) is 29.0. The van der Waals surface area contributed by atoms with Crippen LogP contribution in [0, 0.1) is 11.7 Å². The number of carbonyl (C=O) groups excluding carboxylic acids is 3. The first kappa shape index (κ1) is 29.2. The van der Waals surface area contributed by atoms with Crippen molar-refractivity contribution in [2.45, 2.75) is 51.2 Å². The molecule has 12 heteroatoms. The fourth-order valence-electron chi connectivity index (χ4n) is 5.35. The molecule has 0 radical (unpaired) electrons. The molecule has 2 N–H and O–H groups in total. The molecule has 1 aliphatic carbocycles. The molecule has 216 valence electrons. The maximum Gasteiger partial charge on any atom is 0.312 e. The van der Waals surface area contributed by atoms with Crippen molar-refractivity contribution in [2.24, 2.45) is 5.92 Å². The van der Waals surface area contributed by atoms with E-state index in [-0.39, 0.29) is 31.4 Å². The fraction of sp³-hybridized carbons (Fsp3) is 0.536. The molecule has 1 aliphatic heterocycles. The molecular weight excluding hydrogens is 519 g/mol. The van der Waals surface area contributed by atoms with Gasteiger partial charge in [0.05, 0.1) is 0 Å². The van der Waals surface area contributed by atoms with E-state index in [1.54, 1.807) is 0 Å². The first-order chi connectivity index (χ1) is 19.1. The smallest absolute Gasteiger partial charge is 0.312 e. The second kappa shape index (κ2) is 12.6. The number of hydrogen-bond donors (Lipinski definition) is 2. The first-order valence-electron chi connectivity index (χ1n) is 13.6. The van der Waals surface area contributed by atoms with E-state index in [0.29, 0.717) is 18.7 Å². The molecule has 0 bridgehead atoms. The Bertz CT molecular complexity index is 1310. The summed E-state index contributed by atoms with van der Waals surface area (Å²) in [5.74, 6) is -3.04. The van der Waals surface area contributed by atoms with Crippen LogP contribution in [0.2, 0.25) is 0 Å². The quantitative estimate of drug-likeness (QED) is 0.516. The van der Waals surface area contributed by atoms with Gasteiger partial charge in [-0.1, -0.05) is 31.4 Å². The summed E-state index contributed by atoms with van der Waals surface area (Å²) in [6, 6.07) is 4.75. The topological polar surface area (TPSA) is 128 Å². The zero-order valence-electron chi connectivity index (χ0n) is 23.2. The number of carbonyl (C=O) groups is 3. The lowest BCUT2D eigenvalue weighted by atomic mass is 9.88. The highest BCUT2D eigenvalue weighted by molar-refractivity contribution is 6.34. The summed E-state index contributed by atoms with van der Waals surface area (Å²) >= 11 is 0. The molecule has 1 aromatic carbocycles. The van der Waals surface area contributed by atoms with Crippen LogP contribution in [0.3, 0.4) is 0 Å². The van der Waals surface area contributed by atoms with Crippen molar-refractivity contribution < 1.29 is 23.9 Å². The lowest BCUT2D eigenvalue weighted by molar-refractivity contribution is -0.152.